The van der Waals surface area contributed by atoms with Crippen LogP contribution >= 0.6 is 0 Å². The van der Waals surface area contributed by atoms with Gasteiger partial charge < -0.3 is 15.7 Å². The van der Waals surface area contributed by atoms with Crippen molar-refractivity contribution in [2.24, 2.45) is 5.92 Å². The second-order valence-electron chi connectivity index (χ2n) is 6.04. The molecule has 0 aromatic carbocycles. The highest BCUT2D eigenvalue weighted by Gasteiger charge is 2.31. The van der Waals surface area contributed by atoms with Gasteiger partial charge in [0.2, 0.25) is 5.91 Å². The summed E-state index contributed by atoms with van der Waals surface area (Å²) in [5, 5.41) is 16.4. The minimum atomic E-state index is -0.673. The first-order valence-electron chi connectivity index (χ1n) is 7.14. The maximum Gasteiger partial charge on any atom is 0.221 e. The summed E-state index contributed by atoms with van der Waals surface area (Å²) in [4.78, 5) is 11.6. The van der Waals surface area contributed by atoms with Crippen LogP contribution in [-0.2, 0) is 4.79 Å². The quantitative estimate of drug-likeness (QED) is 0.674. The fourth-order valence-corrected chi connectivity index (χ4v) is 2.30. The molecule has 1 aliphatic rings. The van der Waals surface area contributed by atoms with Crippen LogP contribution < -0.4 is 10.6 Å². The first kappa shape index (κ1) is 15.4. The second-order valence-corrected chi connectivity index (χ2v) is 6.04. The van der Waals surface area contributed by atoms with Gasteiger partial charge in [0.25, 0.3) is 0 Å². The van der Waals surface area contributed by atoms with Crippen molar-refractivity contribution >= 4 is 5.91 Å². The van der Waals surface area contributed by atoms with Crippen LogP contribution in [0, 0.1) is 5.92 Å². The van der Waals surface area contributed by atoms with Gasteiger partial charge in [0.1, 0.15) is 0 Å². The lowest BCUT2D eigenvalue weighted by molar-refractivity contribution is -0.122. The third-order valence-corrected chi connectivity index (χ3v) is 3.72. The topological polar surface area (TPSA) is 61.4 Å². The van der Waals surface area contributed by atoms with Crippen molar-refractivity contribution in [2.75, 3.05) is 13.1 Å². The molecule has 18 heavy (non-hydrogen) atoms. The van der Waals surface area contributed by atoms with Gasteiger partial charge in [-0.05, 0) is 31.6 Å². The molecule has 3 N–H and O–H groups in total. The predicted molar refractivity (Wildman–Crippen MR) is 73.3 cm³/mol. The van der Waals surface area contributed by atoms with Gasteiger partial charge in [-0.3, -0.25) is 4.79 Å². The normalized spacial score (nSPS) is 28.4. The fourth-order valence-electron chi connectivity index (χ4n) is 2.30. The molecule has 1 fully saturated rings. The fraction of sp³-hybridized carbons (Fsp3) is 0.929. The molecule has 0 aromatic rings. The van der Waals surface area contributed by atoms with Crippen LogP contribution in [0.5, 0.6) is 0 Å². The molecule has 4 nitrogen and oxygen atoms in total. The standard InChI is InChI=1S/C14H28N2O2/c1-11(2)15-9-6-13(17)16-10-14(18)7-4-12(3)5-8-14/h11-12,15,18H,4-10H2,1-3H3,(H,16,17). The van der Waals surface area contributed by atoms with Crippen molar-refractivity contribution in [1.82, 2.24) is 10.6 Å². The summed E-state index contributed by atoms with van der Waals surface area (Å²) in [6.45, 7) is 7.43. The Morgan fingerprint density at radius 3 is 2.56 bits per heavy atom. The largest absolute Gasteiger partial charge is 0.388 e. The van der Waals surface area contributed by atoms with E-state index < -0.39 is 5.60 Å². The van der Waals surface area contributed by atoms with Gasteiger partial charge in [-0.2, -0.15) is 0 Å². The van der Waals surface area contributed by atoms with Crippen molar-refractivity contribution < 1.29 is 9.90 Å². The van der Waals surface area contributed by atoms with Gasteiger partial charge in [-0.1, -0.05) is 20.8 Å². The molecule has 0 saturated heterocycles. The summed E-state index contributed by atoms with van der Waals surface area (Å²) in [6.07, 6.45) is 4.20. The van der Waals surface area contributed by atoms with E-state index >= 15 is 0 Å². The second kappa shape index (κ2) is 7.10. The molecule has 1 aliphatic carbocycles. The Morgan fingerprint density at radius 1 is 1.39 bits per heavy atom. The zero-order chi connectivity index (χ0) is 13.6. The third-order valence-electron chi connectivity index (χ3n) is 3.72. The third kappa shape index (κ3) is 5.83. The number of carbonyl (C=O) groups excluding carboxylic acids is 1. The Balaban J connectivity index is 2.17. The average molecular weight is 256 g/mol. The molecule has 1 saturated carbocycles. The minimum absolute atomic E-state index is 0.0233. The van der Waals surface area contributed by atoms with Gasteiger partial charge in [0.05, 0.1) is 5.60 Å². The molecular formula is C14H28N2O2. The van der Waals surface area contributed by atoms with Crippen molar-refractivity contribution in [3.63, 3.8) is 0 Å². The number of rotatable bonds is 6. The maximum absolute atomic E-state index is 11.6. The van der Waals surface area contributed by atoms with Crippen molar-refractivity contribution in [1.29, 1.82) is 0 Å². The van der Waals surface area contributed by atoms with Crippen molar-refractivity contribution in [3.05, 3.63) is 0 Å². The van der Waals surface area contributed by atoms with E-state index in [0.29, 0.717) is 31.5 Å². The number of hydrogen-bond donors (Lipinski definition) is 3. The van der Waals surface area contributed by atoms with E-state index in [0.717, 1.165) is 25.7 Å². The summed E-state index contributed by atoms with van der Waals surface area (Å²) in [5.41, 5.74) is -0.673. The maximum atomic E-state index is 11.6. The molecule has 0 spiro atoms. The van der Waals surface area contributed by atoms with E-state index in [-0.39, 0.29) is 5.91 Å². The van der Waals surface area contributed by atoms with Crippen LogP contribution in [0.2, 0.25) is 0 Å². The minimum Gasteiger partial charge on any atom is -0.388 e. The number of hydrogen-bond acceptors (Lipinski definition) is 3. The molecule has 0 heterocycles. The monoisotopic (exact) mass is 256 g/mol. The number of amides is 1. The lowest BCUT2D eigenvalue weighted by Gasteiger charge is -2.34. The van der Waals surface area contributed by atoms with Crippen LogP contribution in [0.3, 0.4) is 0 Å². The summed E-state index contributed by atoms with van der Waals surface area (Å²) in [5.74, 6) is 0.728. The first-order valence-corrected chi connectivity index (χ1v) is 7.14. The molecule has 0 atom stereocenters. The first-order chi connectivity index (χ1) is 8.41. The summed E-state index contributed by atoms with van der Waals surface area (Å²) < 4.78 is 0. The molecule has 0 aromatic heterocycles. The Kier molecular flexibility index (Phi) is 6.09. The Labute approximate surface area is 111 Å². The molecule has 0 aliphatic heterocycles. The van der Waals surface area contributed by atoms with Gasteiger partial charge in [-0.25, -0.2) is 0 Å². The average Bonchev–Trinajstić information content (AvgIpc) is 2.31. The van der Waals surface area contributed by atoms with Crippen molar-refractivity contribution in [2.45, 2.75) is 64.5 Å². The van der Waals surface area contributed by atoms with E-state index in [1.54, 1.807) is 0 Å². The number of nitrogens with one attached hydrogen (secondary N) is 2. The molecule has 106 valence electrons. The summed E-state index contributed by atoms with van der Waals surface area (Å²) >= 11 is 0. The van der Waals surface area contributed by atoms with Gasteiger partial charge in [-0.15, -0.1) is 0 Å². The Hall–Kier alpha value is -0.610. The molecule has 0 radical (unpaired) electrons. The van der Waals surface area contributed by atoms with E-state index in [2.05, 4.69) is 31.4 Å². The van der Waals surface area contributed by atoms with Gasteiger partial charge >= 0.3 is 0 Å². The van der Waals surface area contributed by atoms with Crippen LogP contribution in [0.1, 0.15) is 52.9 Å². The zero-order valence-corrected chi connectivity index (χ0v) is 12.0. The lowest BCUT2D eigenvalue weighted by atomic mass is 9.79. The smallest absolute Gasteiger partial charge is 0.221 e. The van der Waals surface area contributed by atoms with Crippen molar-refractivity contribution in [3.8, 4) is 0 Å². The van der Waals surface area contributed by atoms with E-state index in [1.807, 2.05) is 0 Å². The predicted octanol–water partition coefficient (Wildman–Crippen LogP) is 1.43. The molecule has 1 amide bonds. The Morgan fingerprint density at radius 2 is 2.00 bits per heavy atom. The van der Waals surface area contributed by atoms with Gasteiger partial charge in [0, 0.05) is 25.6 Å². The number of carbonyl (C=O) groups is 1. The lowest BCUT2D eigenvalue weighted by Crippen LogP contribution is -2.45. The highest BCUT2D eigenvalue weighted by molar-refractivity contribution is 5.76. The number of aliphatic hydroxyl groups is 1. The van der Waals surface area contributed by atoms with Crippen LogP contribution in [-0.4, -0.2) is 35.7 Å². The summed E-state index contributed by atoms with van der Waals surface area (Å²) in [6, 6.07) is 0.404. The van der Waals surface area contributed by atoms with E-state index in [1.165, 1.54) is 0 Å². The molecule has 0 bridgehead atoms. The van der Waals surface area contributed by atoms with Crippen LogP contribution in [0.4, 0.5) is 0 Å². The zero-order valence-electron chi connectivity index (χ0n) is 12.0. The molecule has 0 unspecified atom stereocenters. The summed E-state index contributed by atoms with van der Waals surface area (Å²) in [7, 11) is 0. The highest BCUT2D eigenvalue weighted by Crippen LogP contribution is 2.31. The molecular weight excluding hydrogens is 228 g/mol. The Bertz CT molecular complexity index is 259. The van der Waals surface area contributed by atoms with Gasteiger partial charge in [0.15, 0.2) is 0 Å². The van der Waals surface area contributed by atoms with E-state index in [4.69, 9.17) is 0 Å². The molecule has 1 rings (SSSR count). The SMILES string of the molecule is CC1CCC(O)(CNC(=O)CCNC(C)C)CC1. The highest BCUT2D eigenvalue weighted by atomic mass is 16.3. The van der Waals surface area contributed by atoms with E-state index in [9.17, 15) is 9.90 Å². The van der Waals surface area contributed by atoms with Crippen LogP contribution in [0.25, 0.3) is 0 Å². The molecule has 4 heteroatoms. The van der Waals surface area contributed by atoms with Crippen LogP contribution in [0.15, 0.2) is 0 Å².